The molecule has 4 rings (SSSR count). The van der Waals surface area contributed by atoms with Crippen molar-refractivity contribution in [2.75, 3.05) is 13.1 Å². The maximum atomic E-state index is 5.96. The van der Waals surface area contributed by atoms with Crippen molar-refractivity contribution in [2.24, 2.45) is 0 Å². The van der Waals surface area contributed by atoms with Gasteiger partial charge in [-0.2, -0.15) is 5.10 Å². The summed E-state index contributed by atoms with van der Waals surface area (Å²) >= 11 is 7.71. The second kappa shape index (κ2) is 7.09. The Bertz CT molecular complexity index is 771. The number of nitrogens with zero attached hydrogens (tertiary/aromatic N) is 2. The first-order valence-electron chi connectivity index (χ1n) is 8.34. The number of aromatic amines is 1. The summed E-state index contributed by atoms with van der Waals surface area (Å²) in [7, 11) is 0. The highest BCUT2D eigenvalue weighted by Crippen LogP contribution is 2.31. The molecule has 0 amide bonds. The van der Waals surface area contributed by atoms with Crippen molar-refractivity contribution in [1.29, 1.82) is 0 Å². The largest absolute Gasteiger partial charge is 0.299 e. The fraction of sp³-hybridized carbons (Fsp3) is 0.316. The Labute approximate surface area is 151 Å². The third-order valence-electron chi connectivity index (χ3n) is 4.71. The number of likely N-dealkylation sites (tertiary alicyclic amines) is 1. The van der Waals surface area contributed by atoms with Gasteiger partial charge in [-0.15, -0.1) is 11.3 Å². The van der Waals surface area contributed by atoms with Crippen molar-refractivity contribution in [1.82, 2.24) is 15.1 Å². The van der Waals surface area contributed by atoms with Crippen LogP contribution in [-0.2, 0) is 6.54 Å². The van der Waals surface area contributed by atoms with Gasteiger partial charge in [0.15, 0.2) is 0 Å². The van der Waals surface area contributed by atoms with E-state index in [0.717, 1.165) is 30.4 Å². The molecule has 1 aliphatic rings. The molecule has 2 aromatic heterocycles. The quantitative estimate of drug-likeness (QED) is 0.698. The molecule has 3 aromatic rings. The fourth-order valence-corrected chi connectivity index (χ4v) is 4.16. The zero-order valence-electron chi connectivity index (χ0n) is 13.4. The van der Waals surface area contributed by atoms with Gasteiger partial charge in [0.2, 0.25) is 0 Å². The summed E-state index contributed by atoms with van der Waals surface area (Å²) in [6, 6.07) is 14.6. The first-order chi connectivity index (χ1) is 11.8. The number of piperidine rings is 1. The van der Waals surface area contributed by atoms with Gasteiger partial charge in [0.05, 0.1) is 16.3 Å². The molecule has 1 N–H and O–H groups in total. The minimum Gasteiger partial charge on any atom is -0.299 e. The lowest BCUT2D eigenvalue weighted by Gasteiger charge is -2.31. The molecule has 0 saturated carbocycles. The molecular formula is C19H20ClN3S. The van der Waals surface area contributed by atoms with Crippen LogP contribution in [0, 0.1) is 0 Å². The Balaban J connectivity index is 1.35. The number of benzene rings is 1. The Morgan fingerprint density at radius 3 is 2.67 bits per heavy atom. The van der Waals surface area contributed by atoms with Gasteiger partial charge < -0.3 is 0 Å². The zero-order valence-corrected chi connectivity index (χ0v) is 15.0. The molecule has 1 fully saturated rings. The minimum atomic E-state index is 0.566. The SMILES string of the molecule is Clc1ccc(CN2CCC(c3cc(-c4cccs4)[nH]n3)CC2)cc1. The first kappa shape index (κ1) is 15.9. The smallest absolute Gasteiger partial charge is 0.0752 e. The van der Waals surface area contributed by atoms with E-state index in [1.54, 1.807) is 11.3 Å². The van der Waals surface area contributed by atoms with Crippen molar-refractivity contribution >= 4 is 22.9 Å². The van der Waals surface area contributed by atoms with Crippen LogP contribution < -0.4 is 0 Å². The number of nitrogens with one attached hydrogen (secondary N) is 1. The lowest BCUT2D eigenvalue weighted by Crippen LogP contribution is -2.32. The highest BCUT2D eigenvalue weighted by Gasteiger charge is 2.23. The molecule has 1 saturated heterocycles. The van der Waals surface area contributed by atoms with Crippen LogP contribution in [0.3, 0.4) is 0 Å². The van der Waals surface area contributed by atoms with Crippen LogP contribution in [0.5, 0.6) is 0 Å². The standard InChI is InChI=1S/C19H20ClN3S/c20-16-5-3-14(4-6-16)13-23-9-7-15(8-10-23)17-12-18(22-21-17)19-2-1-11-24-19/h1-6,11-12,15H,7-10,13H2,(H,21,22). The summed E-state index contributed by atoms with van der Waals surface area (Å²) in [5, 5.41) is 10.7. The second-order valence-electron chi connectivity index (χ2n) is 6.36. The Hall–Kier alpha value is -1.62. The number of aromatic nitrogens is 2. The third kappa shape index (κ3) is 3.56. The fourth-order valence-electron chi connectivity index (χ4n) is 3.34. The van der Waals surface area contributed by atoms with E-state index in [-0.39, 0.29) is 0 Å². The number of hydrogen-bond donors (Lipinski definition) is 1. The Kier molecular flexibility index (Phi) is 4.69. The van der Waals surface area contributed by atoms with Crippen molar-refractivity contribution in [3.8, 4) is 10.6 Å². The van der Waals surface area contributed by atoms with E-state index in [2.05, 4.69) is 50.8 Å². The number of halogens is 1. The molecule has 0 bridgehead atoms. The van der Waals surface area contributed by atoms with Gasteiger partial charge >= 0.3 is 0 Å². The Morgan fingerprint density at radius 2 is 1.96 bits per heavy atom. The summed E-state index contributed by atoms with van der Waals surface area (Å²) in [6.45, 7) is 3.24. The summed E-state index contributed by atoms with van der Waals surface area (Å²) in [5.41, 5.74) is 3.69. The molecule has 1 aromatic carbocycles. The van der Waals surface area contributed by atoms with E-state index >= 15 is 0 Å². The topological polar surface area (TPSA) is 31.9 Å². The monoisotopic (exact) mass is 357 g/mol. The molecule has 0 aliphatic carbocycles. The third-order valence-corrected chi connectivity index (χ3v) is 5.86. The van der Waals surface area contributed by atoms with Gasteiger partial charge in [-0.25, -0.2) is 0 Å². The molecular weight excluding hydrogens is 338 g/mol. The van der Waals surface area contributed by atoms with Crippen LogP contribution in [-0.4, -0.2) is 28.2 Å². The van der Waals surface area contributed by atoms with Crippen LogP contribution >= 0.6 is 22.9 Å². The second-order valence-corrected chi connectivity index (χ2v) is 7.74. The summed E-state index contributed by atoms with van der Waals surface area (Å²) < 4.78 is 0. The van der Waals surface area contributed by atoms with E-state index in [0.29, 0.717) is 5.92 Å². The molecule has 0 atom stereocenters. The zero-order chi connectivity index (χ0) is 16.4. The van der Waals surface area contributed by atoms with Gasteiger partial charge in [0, 0.05) is 17.5 Å². The van der Waals surface area contributed by atoms with Crippen LogP contribution in [0.4, 0.5) is 0 Å². The van der Waals surface area contributed by atoms with E-state index in [4.69, 9.17) is 11.6 Å². The van der Waals surface area contributed by atoms with Crippen molar-refractivity contribution in [2.45, 2.75) is 25.3 Å². The normalized spacial score (nSPS) is 16.5. The molecule has 0 radical (unpaired) electrons. The molecule has 0 spiro atoms. The van der Waals surface area contributed by atoms with Gasteiger partial charge in [-0.05, 0) is 61.1 Å². The van der Waals surface area contributed by atoms with Crippen molar-refractivity contribution < 1.29 is 0 Å². The minimum absolute atomic E-state index is 0.566. The average molecular weight is 358 g/mol. The van der Waals surface area contributed by atoms with Crippen LogP contribution in [0.25, 0.3) is 10.6 Å². The molecule has 24 heavy (non-hydrogen) atoms. The molecule has 0 unspecified atom stereocenters. The maximum absolute atomic E-state index is 5.96. The maximum Gasteiger partial charge on any atom is 0.0752 e. The van der Waals surface area contributed by atoms with E-state index in [1.165, 1.54) is 29.0 Å². The molecule has 1 aliphatic heterocycles. The number of H-pyrrole nitrogens is 1. The van der Waals surface area contributed by atoms with Crippen LogP contribution in [0.1, 0.15) is 30.0 Å². The predicted octanol–water partition coefficient (Wildman–Crippen LogP) is 5.17. The first-order valence-corrected chi connectivity index (χ1v) is 9.60. The van der Waals surface area contributed by atoms with Gasteiger partial charge in [0.1, 0.15) is 0 Å². The molecule has 124 valence electrons. The molecule has 5 heteroatoms. The van der Waals surface area contributed by atoms with Crippen LogP contribution in [0.2, 0.25) is 5.02 Å². The van der Waals surface area contributed by atoms with Gasteiger partial charge in [-0.1, -0.05) is 29.8 Å². The summed E-state index contributed by atoms with van der Waals surface area (Å²) in [5.74, 6) is 0.566. The Morgan fingerprint density at radius 1 is 1.17 bits per heavy atom. The average Bonchev–Trinajstić information content (AvgIpc) is 3.29. The van der Waals surface area contributed by atoms with E-state index in [9.17, 15) is 0 Å². The summed E-state index contributed by atoms with van der Waals surface area (Å²) in [4.78, 5) is 3.78. The van der Waals surface area contributed by atoms with Crippen molar-refractivity contribution in [3.05, 3.63) is 64.1 Å². The molecule has 3 heterocycles. The number of rotatable bonds is 4. The lowest BCUT2D eigenvalue weighted by atomic mass is 9.93. The van der Waals surface area contributed by atoms with E-state index in [1.807, 2.05) is 12.1 Å². The highest BCUT2D eigenvalue weighted by atomic mass is 35.5. The van der Waals surface area contributed by atoms with Crippen molar-refractivity contribution in [3.63, 3.8) is 0 Å². The van der Waals surface area contributed by atoms with Crippen LogP contribution in [0.15, 0.2) is 47.8 Å². The number of thiophene rings is 1. The predicted molar refractivity (Wildman–Crippen MR) is 101 cm³/mol. The van der Waals surface area contributed by atoms with E-state index < -0.39 is 0 Å². The summed E-state index contributed by atoms with van der Waals surface area (Å²) in [6.07, 6.45) is 2.34. The lowest BCUT2D eigenvalue weighted by molar-refractivity contribution is 0.203. The van der Waals surface area contributed by atoms with Gasteiger partial charge in [0.25, 0.3) is 0 Å². The number of hydrogen-bond acceptors (Lipinski definition) is 3. The highest BCUT2D eigenvalue weighted by molar-refractivity contribution is 7.13. The van der Waals surface area contributed by atoms with Gasteiger partial charge in [-0.3, -0.25) is 10.00 Å². The molecule has 3 nitrogen and oxygen atoms in total.